The van der Waals surface area contributed by atoms with Gasteiger partial charge in [0.2, 0.25) is 0 Å². The second kappa shape index (κ2) is 8.55. The van der Waals surface area contributed by atoms with Crippen LogP contribution in [-0.2, 0) is 14.3 Å². The van der Waals surface area contributed by atoms with Crippen LogP contribution in [-0.4, -0.2) is 37.7 Å². The van der Waals surface area contributed by atoms with Gasteiger partial charge in [0.05, 0.1) is 0 Å². The first-order valence-electron chi connectivity index (χ1n) is 8.76. The zero-order valence-corrected chi connectivity index (χ0v) is 14.4. The SMILES string of the molecule is O=C(COC(=O)CC1CCCC1)NC(=O)Nc1ccc2c(c1)OCCO2. The van der Waals surface area contributed by atoms with Crippen molar-refractivity contribution in [3.8, 4) is 11.5 Å². The van der Waals surface area contributed by atoms with Crippen LogP contribution in [0.15, 0.2) is 18.2 Å². The summed E-state index contributed by atoms with van der Waals surface area (Å²) in [5, 5.41) is 4.64. The Kier molecular flexibility index (Phi) is 5.93. The summed E-state index contributed by atoms with van der Waals surface area (Å²) in [6.07, 6.45) is 4.66. The van der Waals surface area contributed by atoms with E-state index in [1.165, 1.54) is 0 Å². The molecule has 26 heavy (non-hydrogen) atoms. The van der Waals surface area contributed by atoms with Gasteiger partial charge in [0.15, 0.2) is 18.1 Å². The highest BCUT2D eigenvalue weighted by Gasteiger charge is 2.20. The van der Waals surface area contributed by atoms with Crippen molar-refractivity contribution in [2.24, 2.45) is 5.92 Å². The van der Waals surface area contributed by atoms with E-state index in [9.17, 15) is 14.4 Å². The third kappa shape index (κ3) is 5.11. The van der Waals surface area contributed by atoms with Crippen molar-refractivity contribution >= 4 is 23.6 Å². The van der Waals surface area contributed by atoms with E-state index >= 15 is 0 Å². The highest BCUT2D eigenvalue weighted by molar-refractivity contribution is 6.02. The molecule has 8 heteroatoms. The molecule has 140 valence electrons. The summed E-state index contributed by atoms with van der Waals surface area (Å²) in [7, 11) is 0. The smallest absolute Gasteiger partial charge is 0.325 e. The van der Waals surface area contributed by atoms with Gasteiger partial charge in [0, 0.05) is 18.2 Å². The summed E-state index contributed by atoms with van der Waals surface area (Å²) in [6, 6.07) is 4.22. The summed E-state index contributed by atoms with van der Waals surface area (Å²) < 4.78 is 15.7. The van der Waals surface area contributed by atoms with E-state index in [4.69, 9.17) is 14.2 Å². The fraction of sp³-hybridized carbons (Fsp3) is 0.500. The number of anilines is 1. The van der Waals surface area contributed by atoms with Crippen LogP contribution in [0.4, 0.5) is 10.5 Å². The monoisotopic (exact) mass is 362 g/mol. The number of imide groups is 1. The first kappa shape index (κ1) is 18.0. The van der Waals surface area contributed by atoms with Crippen LogP contribution in [0.3, 0.4) is 0 Å². The molecular weight excluding hydrogens is 340 g/mol. The second-order valence-corrected chi connectivity index (χ2v) is 6.38. The first-order valence-corrected chi connectivity index (χ1v) is 8.76. The van der Waals surface area contributed by atoms with Gasteiger partial charge in [-0.3, -0.25) is 14.9 Å². The lowest BCUT2D eigenvalue weighted by molar-refractivity contribution is -0.149. The molecule has 3 rings (SSSR count). The molecule has 0 atom stereocenters. The molecule has 0 saturated heterocycles. The van der Waals surface area contributed by atoms with Crippen LogP contribution in [0, 0.1) is 5.92 Å². The van der Waals surface area contributed by atoms with Gasteiger partial charge < -0.3 is 19.5 Å². The van der Waals surface area contributed by atoms with Gasteiger partial charge in [-0.15, -0.1) is 0 Å². The molecule has 0 bridgehead atoms. The number of hydrogen-bond acceptors (Lipinski definition) is 6. The average molecular weight is 362 g/mol. The van der Waals surface area contributed by atoms with E-state index < -0.39 is 24.5 Å². The van der Waals surface area contributed by atoms with Crippen molar-refractivity contribution in [2.45, 2.75) is 32.1 Å². The van der Waals surface area contributed by atoms with Crippen LogP contribution < -0.4 is 20.1 Å². The second-order valence-electron chi connectivity index (χ2n) is 6.38. The Labute approximate surface area is 151 Å². The van der Waals surface area contributed by atoms with Crippen LogP contribution in [0.5, 0.6) is 11.5 Å². The summed E-state index contributed by atoms with van der Waals surface area (Å²) >= 11 is 0. The number of urea groups is 1. The van der Waals surface area contributed by atoms with Gasteiger partial charge in [-0.1, -0.05) is 12.8 Å². The topological polar surface area (TPSA) is 103 Å². The number of amides is 3. The minimum atomic E-state index is -0.710. The number of rotatable bonds is 5. The maximum Gasteiger partial charge on any atom is 0.325 e. The van der Waals surface area contributed by atoms with E-state index in [-0.39, 0.29) is 0 Å². The highest BCUT2D eigenvalue weighted by Crippen LogP contribution is 2.32. The van der Waals surface area contributed by atoms with Gasteiger partial charge in [0.1, 0.15) is 13.2 Å². The number of hydrogen-bond donors (Lipinski definition) is 2. The summed E-state index contributed by atoms with van der Waals surface area (Å²) in [5.74, 6) is 0.400. The van der Waals surface area contributed by atoms with E-state index in [0.29, 0.717) is 42.7 Å². The third-order valence-corrected chi connectivity index (χ3v) is 4.35. The molecule has 0 spiro atoms. The highest BCUT2D eigenvalue weighted by atomic mass is 16.6. The third-order valence-electron chi connectivity index (χ3n) is 4.35. The van der Waals surface area contributed by atoms with Crippen molar-refractivity contribution in [2.75, 3.05) is 25.1 Å². The molecular formula is C18H22N2O6. The maximum atomic E-state index is 11.9. The molecule has 1 saturated carbocycles. The summed E-state index contributed by atoms with van der Waals surface area (Å²) in [5.41, 5.74) is 0.456. The molecule has 1 aromatic rings. The number of carbonyl (C=O) groups excluding carboxylic acids is 3. The largest absolute Gasteiger partial charge is 0.486 e. The Morgan fingerprint density at radius 1 is 1.08 bits per heavy atom. The molecule has 1 aliphatic carbocycles. The van der Waals surface area contributed by atoms with Crippen LogP contribution in [0.2, 0.25) is 0 Å². The number of ether oxygens (including phenoxy) is 3. The lowest BCUT2D eigenvalue weighted by Crippen LogP contribution is -2.37. The van der Waals surface area contributed by atoms with Crippen LogP contribution in [0.1, 0.15) is 32.1 Å². The molecule has 0 radical (unpaired) electrons. The number of nitrogens with one attached hydrogen (secondary N) is 2. The Bertz CT molecular complexity index is 684. The quantitative estimate of drug-likeness (QED) is 0.779. The predicted molar refractivity (Wildman–Crippen MR) is 92.1 cm³/mol. The molecule has 2 N–H and O–H groups in total. The zero-order chi connectivity index (χ0) is 18.4. The molecule has 0 aromatic heterocycles. The van der Waals surface area contributed by atoms with Gasteiger partial charge in [-0.05, 0) is 30.9 Å². The molecule has 1 aromatic carbocycles. The zero-order valence-electron chi connectivity index (χ0n) is 14.4. The normalized spacial score (nSPS) is 16.0. The fourth-order valence-electron chi connectivity index (χ4n) is 3.10. The minimum absolute atomic E-state index is 0.330. The lowest BCUT2D eigenvalue weighted by Gasteiger charge is -2.19. The van der Waals surface area contributed by atoms with Gasteiger partial charge in [-0.25, -0.2) is 4.79 Å². The lowest BCUT2D eigenvalue weighted by atomic mass is 10.1. The summed E-state index contributed by atoms with van der Waals surface area (Å²) in [6.45, 7) is 0.446. The van der Waals surface area contributed by atoms with Gasteiger partial charge in [0.25, 0.3) is 5.91 Å². The van der Waals surface area contributed by atoms with Crippen molar-refractivity contribution in [1.29, 1.82) is 0 Å². The molecule has 0 unspecified atom stereocenters. The van der Waals surface area contributed by atoms with Gasteiger partial charge >= 0.3 is 12.0 Å². The van der Waals surface area contributed by atoms with E-state index in [1.54, 1.807) is 18.2 Å². The van der Waals surface area contributed by atoms with Crippen molar-refractivity contribution in [1.82, 2.24) is 5.32 Å². The van der Waals surface area contributed by atoms with Crippen molar-refractivity contribution < 1.29 is 28.6 Å². The number of fused-ring (bicyclic) bond motifs is 1. The molecule has 8 nitrogen and oxygen atoms in total. The first-order chi connectivity index (χ1) is 12.6. The molecule has 3 amide bonds. The molecule has 1 fully saturated rings. The molecule has 2 aliphatic rings. The fourth-order valence-corrected chi connectivity index (χ4v) is 3.10. The van der Waals surface area contributed by atoms with Crippen LogP contribution >= 0.6 is 0 Å². The van der Waals surface area contributed by atoms with E-state index in [2.05, 4.69) is 10.6 Å². The van der Waals surface area contributed by atoms with Gasteiger partial charge in [-0.2, -0.15) is 0 Å². The predicted octanol–water partition coefficient (Wildman–Crippen LogP) is 2.23. The Hall–Kier alpha value is -2.77. The minimum Gasteiger partial charge on any atom is -0.486 e. The van der Waals surface area contributed by atoms with E-state index in [0.717, 1.165) is 25.7 Å². The number of esters is 1. The summed E-state index contributed by atoms with van der Waals surface area (Å²) in [4.78, 5) is 35.3. The van der Waals surface area contributed by atoms with E-state index in [1.807, 2.05) is 0 Å². The molecule has 1 heterocycles. The number of benzene rings is 1. The standard InChI is InChI=1S/C18H22N2O6/c21-16(11-26-17(22)9-12-3-1-2-4-12)20-18(23)19-13-5-6-14-15(10-13)25-8-7-24-14/h5-6,10,12H,1-4,7-9,11H2,(H2,19,20,21,23). The van der Waals surface area contributed by atoms with Crippen molar-refractivity contribution in [3.63, 3.8) is 0 Å². The Balaban J connectivity index is 1.39. The van der Waals surface area contributed by atoms with Crippen LogP contribution in [0.25, 0.3) is 0 Å². The Morgan fingerprint density at radius 2 is 1.81 bits per heavy atom. The Morgan fingerprint density at radius 3 is 2.58 bits per heavy atom. The van der Waals surface area contributed by atoms with Crippen molar-refractivity contribution in [3.05, 3.63) is 18.2 Å². The molecule has 1 aliphatic heterocycles. The maximum absolute atomic E-state index is 11.9. The number of carbonyl (C=O) groups is 3. The average Bonchev–Trinajstić information content (AvgIpc) is 3.12.